The summed E-state index contributed by atoms with van der Waals surface area (Å²) in [7, 11) is -2.56. The van der Waals surface area contributed by atoms with Crippen LogP contribution in [0.5, 0.6) is 0 Å². The average Bonchev–Trinajstić information content (AvgIpc) is 2.21. The van der Waals surface area contributed by atoms with E-state index in [-0.39, 0.29) is 6.42 Å². The third kappa shape index (κ3) is 3.21. The second-order valence-electron chi connectivity index (χ2n) is 3.73. The van der Waals surface area contributed by atoms with Gasteiger partial charge in [-0.3, -0.25) is 4.57 Å². The van der Waals surface area contributed by atoms with Crippen molar-refractivity contribution in [2.45, 2.75) is 31.1 Å². The van der Waals surface area contributed by atoms with Gasteiger partial charge in [0, 0.05) is 12.2 Å². The smallest absolute Gasteiger partial charge is 0.348 e. The quantitative estimate of drug-likeness (QED) is 0.515. The summed E-state index contributed by atoms with van der Waals surface area (Å²) in [4.78, 5) is 17.1. The van der Waals surface area contributed by atoms with E-state index >= 15 is 0 Å². The van der Waals surface area contributed by atoms with Crippen molar-refractivity contribution in [3.8, 4) is 0 Å². The third-order valence-corrected chi connectivity index (χ3v) is 2.88. The van der Waals surface area contributed by atoms with Crippen LogP contribution < -0.4 is 0 Å². The summed E-state index contributed by atoms with van der Waals surface area (Å²) in [5.41, 5.74) is -1.43. The van der Waals surface area contributed by atoms with Crippen LogP contribution in [0.4, 0.5) is 4.39 Å². The Hall–Kier alpha value is -0.155. The molecule has 0 spiro atoms. The SMILES string of the molecule is B[C@@H]1O[C@H](/C=C/P(=O)(O)O)C[C@@]1(C)F. The molecule has 1 fully saturated rings. The van der Waals surface area contributed by atoms with Gasteiger partial charge in [0.05, 0.1) is 12.1 Å². The Labute approximate surface area is 82.7 Å². The minimum Gasteiger partial charge on any atom is -0.377 e. The number of alkyl halides is 1. The van der Waals surface area contributed by atoms with E-state index in [1.54, 1.807) is 7.85 Å². The van der Waals surface area contributed by atoms with Gasteiger partial charge in [-0.05, 0) is 13.0 Å². The first kappa shape index (κ1) is 11.9. The van der Waals surface area contributed by atoms with E-state index in [4.69, 9.17) is 14.5 Å². The zero-order valence-electron chi connectivity index (χ0n) is 8.05. The fraction of sp³-hybridized carbons (Fsp3) is 0.714. The van der Waals surface area contributed by atoms with Gasteiger partial charge in [-0.2, -0.15) is 0 Å². The van der Waals surface area contributed by atoms with Crippen LogP contribution in [0.25, 0.3) is 0 Å². The lowest BCUT2D eigenvalue weighted by molar-refractivity contribution is 0.0726. The minimum absolute atomic E-state index is 0.130. The zero-order valence-corrected chi connectivity index (χ0v) is 8.95. The predicted octanol–water partition coefficient (Wildman–Crippen LogP) is 0.154. The Bertz CT molecular complexity index is 287. The Morgan fingerprint density at radius 2 is 2.29 bits per heavy atom. The standard InChI is InChI=1S/C7H13BFO4P/c1-7(9)4-5(13-6(7)8)2-3-14(10,11)12/h2-3,5-6H,4,8H2,1H3,(H2,10,11,12)/b3-2+/t5-,6-,7-/m1/s1. The molecule has 3 atom stereocenters. The first-order valence-electron chi connectivity index (χ1n) is 4.30. The fourth-order valence-electron chi connectivity index (χ4n) is 1.33. The van der Waals surface area contributed by atoms with Crippen molar-refractivity contribution in [3.63, 3.8) is 0 Å². The highest BCUT2D eigenvalue weighted by molar-refractivity contribution is 7.55. The van der Waals surface area contributed by atoms with Gasteiger partial charge in [-0.15, -0.1) is 0 Å². The maximum atomic E-state index is 13.5. The topological polar surface area (TPSA) is 66.8 Å². The molecule has 0 amide bonds. The number of ether oxygens (including phenoxy) is 1. The molecule has 1 heterocycles. The van der Waals surface area contributed by atoms with Crippen molar-refractivity contribution in [1.82, 2.24) is 0 Å². The van der Waals surface area contributed by atoms with Crippen molar-refractivity contribution < 1.29 is 23.5 Å². The van der Waals surface area contributed by atoms with E-state index in [0.717, 1.165) is 5.82 Å². The average molecular weight is 222 g/mol. The van der Waals surface area contributed by atoms with Crippen LogP contribution in [-0.2, 0) is 9.30 Å². The fourth-order valence-corrected chi connectivity index (χ4v) is 1.75. The molecule has 0 aromatic heterocycles. The Morgan fingerprint density at radius 3 is 2.64 bits per heavy atom. The Balaban J connectivity index is 2.60. The molecular weight excluding hydrogens is 209 g/mol. The molecule has 80 valence electrons. The molecule has 0 aromatic rings. The van der Waals surface area contributed by atoms with Crippen molar-refractivity contribution in [2.24, 2.45) is 0 Å². The second-order valence-corrected chi connectivity index (χ2v) is 5.21. The number of halogens is 1. The van der Waals surface area contributed by atoms with Crippen molar-refractivity contribution in [3.05, 3.63) is 11.9 Å². The Morgan fingerprint density at radius 1 is 1.71 bits per heavy atom. The lowest BCUT2D eigenvalue weighted by Crippen LogP contribution is -2.29. The third-order valence-electron chi connectivity index (χ3n) is 2.32. The number of hydrogen-bond donors (Lipinski definition) is 2. The van der Waals surface area contributed by atoms with Gasteiger partial charge in [-0.1, -0.05) is 0 Å². The van der Waals surface area contributed by atoms with Gasteiger partial charge in [0.25, 0.3) is 0 Å². The minimum atomic E-state index is -4.16. The number of rotatable bonds is 2. The van der Waals surface area contributed by atoms with Crippen molar-refractivity contribution in [1.29, 1.82) is 0 Å². The first-order chi connectivity index (χ1) is 6.21. The molecule has 0 saturated carbocycles. The van der Waals surface area contributed by atoms with E-state index in [2.05, 4.69) is 0 Å². The molecule has 0 radical (unpaired) electrons. The van der Waals surface area contributed by atoms with Crippen LogP contribution in [0.1, 0.15) is 13.3 Å². The summed E-state index contributed by atoms with van der Waals surface area (Å²) in [6.45, 7) is 1.42. The summed E-state index contributed by atoms with van der Waals surface area (Å²) in [5.74, 6) is 0.756. The summed E-state index contributed by atoms with van der Waals surface area (Å²) in [6.07, 6.45) is 0.805. The van der Waals surface area contributed by atoms with Crippen LogP contribution in [-0.4, -0.2) is 35.4 Å². The van der Waals surface area contributed by atoms with Crippen molar-refractivity contribution >= 4 is 15.4 Å². The molecule has 1 aliphatic rings. The molecular formula is C7H13BFO4P. The van der Waals surface area contributed by atoms with Gasteiger partial charge in [0.1, 0.15) is 13.5 Å². The monoisotopic (exact) mass is 222 g/mol. The molecule has 14 heavy (non-hydrogen) atoms. The van der Waals surface area contributed by atoms with Gasteiger partial charge in [-0.25, -0.2) is 4.39 Å². The van der Waals surface area contributed by atoms with Crippen molar-refractivity contribution in [2.75, 3.05) is 0 Å². The maximum Gasteiger partial charge on any atom is 0.348 e. The highest BCUT2D eigenvalue weighted by Crippen LogP contribution is 2.38. The second kappa shape index (κ2) is 3.78. The molecule has 1 aliphatic heterocycles. The predicted molar refractivity (Wildman–Crippen MR) is 52.5 cm³/mol. The summed E-state index contributed by atoms with van der Waals surface area (Å²) in [6, 6.07) is -0.547. The molecule has 0 bridgehead atoms. The molecule has 0 aromatic carbocycles. The highest BCUT2D eigenvalue weighted by atomic mass is 31.2. The van der Waals surface area contributed by atoms with Crippen LogP contribution >= 0.6 is 7.60 Å². The normalized spacial score (nSPS) is 39.4. The molecule has 2 N–H and O–H groups in total. The zero-order chi connectivity index (χ0) is 11.0. The number of hydrogen-bond acceptors (Lipinski definition) is 2. The molecule has 1 rings (SSSR count). The lowest BCUT2D eigenvalue weighted by atomic mass is 9.85. The summed E-state index contributed by atoms with van der Waals surface area (Å²) >= 11 is 0. The van der Waals surface area contributed by atoms with E-state index in [0.29, 0.717) is 0 Å². The summed E-state index contributed by atoms with van der Waals surface area (Å²) in [5, 5.41) is 0. The summed E-state index contributed by atoms with van der Waals surface area (Å²) < 4.78 is 29.2. The lowest BCUT2D eigenvalue weighted by Gasteiger charge is -2.15. The molecule has 0 aliphatic carbocycles. The van der Waals surface area contributed by atoms with Crippen LogP contribution in [0, 0.1) is 0 Å². The molecule has 7 heteroatoms. The molecule has 0 unspecified atom stereocenters. The van der Waals surface area contributed by atoms with Crippen LogP contribution in [0.3, 0.4) is 0 Å². The van der Waals surface area contributed by atoms with E-state index < -0.39 is 25.4 Å². The highest BCUT2D eigenvalue weighted by Gasteiger charge is 2.41. The van der Waals surface area contributed by atoms with E-state index in [1.807, 2.05) is 0 Å². The largest absolute Gasteiger partial charge is 0.377 e. The van der Waals surface area contributed by atoms with Crippen LogP contribution in [0.15, 0.2) is 11.9 Å². The van der Waals surface area contributed by atoms with Gasteiger partial charge in [0.2, 0.25) is 0 Å². The van der Waals surface area contributed by atoms with E-state index in [1.165, 1.54) is 13.0 Å². The molecule has 1 saturated heterocycles. The first-order valence-corrected chi connectivity index (χ1v) is 5.98. The van der Waals surface area contributed by atoms with Gasteiger partial charge >= 0.3 is 7.60 Å². The van der Waals surface area contributed by atoms with Gasteiger partial charge < -0.3 is 14.5 Å². The van der Waals surface area contributed by atoms with Gasteiger partial charge in [0.15, 0.2) is 0 Å². The van der Waals surface area contributed by atoms with E-state index in [9.17, 15) is 8.96 Å². The maximum absolute atomic E-state index is 13.5. The van der Waals surface area contributed by atoms with Crippen LogP contribution in [0.2, 0.25) is 0 Å². The Kier molecular flexibility index (Phi) is 3.21. The molecule has 4 nitrogen and oxygen atoms in total.